The van der Waals surface area contributed by atoms with Crippen molar-refractivity contribution in [3.05, 3.63) is 42.1 Å². The van der Waals surface area contributed by atoms with Crippen LogP contribution in [0.5, 0.6) is 5.75 Å². The van der Waals surface area contributed by atoms with Gasteiger partial charge in [-0.1, -0.05) is 69.4 Å². The molecule has 0 radical (unpaired) electrons. The van der Waals surface area contributed by atoms with E-state index in [2.05, 4.69) is 18.0 Å². The molecule has 2 aromatic rings. The molecule has 21 heavy (non-hydrogen) atoms. The maximum atomic E-state index is 10.2. The quantitative estimate of drug-likeness (QED) is 0.630. The maximum absolute atomic E-state index is 10.2. The van der Waals surface area contributed by atoms with Crippen molar-refractivity contribution < 1.29 is 5.11 Å². The molecule has 1 N–H and O–H groups in total. The van der Waals surface area contributed by atoms with Crippen molar-refractivity contribution >= 4 is 17.0 Å². The lowest BCUT2D eigenvalue weighted by Crippen LogP contribution is -1.82. The van der Waals surface area contributed by atoms with Crippen molar-refractivity contribution in [1.82, 2.24) is 4.98 Å². The first-order chi connectivity index (χ1) is 10.3. The molecule has 0 saturated heterocycles. The van der Waals surface area contributed by atoms with E-state index >= 15 is 0 Å². The van der Waals surface area contributed by atoms with Crippen molar-refractivity contribution in [2.24, 2.45) is 0 Å². The Morgan fingerprint density at radius 1 is 1.05 bits per heavy atom. The minimum atomic E-state index is 0.285. The fourth-order valence-electron chi connectivity index (χ4n) is 2.53. The largest absolute Gasteiger partial charge is 0.505 e. The van der Waals surface area contributed by atoms with Crippen LogP contribution in [0.2, 0.25) is 0 Å². The first kappa shape index (κ1) is 15.6. The van der Waals surface area contributed by atoms with Gasteiger partial charge in [0, 0.05) is 17.1 Å². The molecule has 0 aliphatic rings. The average Bonchev–Trinajstić information content (AvgIpc) is 2.52. The van der Waals surface area contributed by atoms with E-state index in [-0.39, 0.29) is 5.75 Å². The van der Waals surface area contributed by atoms with Gasteiger partial charge in [-0.05, 0) is 18.9 Å². The summed E-state index contributed by atoms with van der Waals surface area (Å²) in [6.07, 6.45) is 14.8. The molecule has 0 aliphatic carbocycles. The van der Waals surface area contributed by atoms with Crippen molar-refractivity contribution in [3.63, 3.8) is 0 Å². The van der Waals surface area contributed by atoms with Crippen molar-refractivity contribution in [2.45, 2.75) is 51.9 Å². The average molecular weight is 283 g/mol. The number of pyridine rings is 1. The van der Waals surface area contributed by atoms with Gasteiger partial charge in [-0.25, -0.2) is 0 Å². The van der Waals surface area contributed by atoms with Crippen LogP contribution in [0.3, 0.4) is 0 Å². The number of allylic oxidation sites excluding steroid dienone is 1. The van der Waals surface area contributed by atoms with Crippen LogP contribution in [0.1, 0.15) is 57.4 Å². The molecule has 2 rings (SSSR count). The molecule has 1 heterocycles. The third-order valence-electron chi connectivity index (χ3n) is 3.80. The van der Waals surface area contributed by atoms with E-state index in [1.807, 2.05) is 30.3 Å². The number of hydrogen-bond donors (Lipinski definition) is 1. The summed E-state index contributed by atoms with van der Waals surface area (Å²) in [6.45, 7) is 2.24. The topological polar surface area (TPSA) is 33.1 Å². The van der Waals surface area contributed by atoms with Gasteiger partial charge in [0.15, 0.2) is 0 Å². The fraction of sp³-hybridized carbons (Fsp3) is 0.421. The number of nitrogens with zero attached hydrogens (tertiary/aromatic N) is 1. The van der Waals surface area contributed by atoms with Crippen LogP contribution in [0.15, 0.2) is 36.5 Å². The number of phenolic OH excluding ortho intramolecular Hbond substituents is 1. The number of fused-ring (bicyclic) bond motifs is 1. The Balaban J connectivity index is 1.85. The summed E-state index contributed by atoms with van der Waals surface area (Å²) in [7, 11) is 0. The van der Waals surface area contributed by atoms with Gasteiger partial charge in [0.25, 0.3) is 0 Å². The minimum Gasteiger partial charge on any atom is -0.505 e. The molecule has 0 unspecified atom stereocenters. The number of aromatic hydroxyl groups is 1. The lowest BCUT2D eigenvalue weighted by molar-refractivity contribution is 0.479. The van der Waals surface area contributed by atoms with Crippen molar-refractivity contribution in [2.75, 3.05) is 0 Å². The van der Waals surface area contributed by atoms with Gasteiger partial charge in [0.05, 0.1) is 0 Å². The number of aromatic nitrogens is 1. The first-order valence-electron chi connectivity index (χ1n) is 8.06. The van der Waals surface area contributed by atoms with Crippen LogP contribution in [-0.2, 0) is 0 Å². The van der Waals surface area contributed by atoms with E-state index in [0.717, 1.165) is 17.4 Å². The highest BCUT2D eigenvalue weighted by atomic mass is 16.3. The Morgan fingerprint density at radius 2 is 1.86 bits per heavy atom. The number of phenols is 1. The van der Waals surface area contributed by atoms with Gasteiger partial charge < -0.3 is 5.11 Å². The second-order valence-electron chi connectivity index (χ2n) is 5.54. The second-order valence-corrected chi connectivity index (χ2v) is 5.54. The summed E-state index contributed by atoms with van der Waals surface area (Å²) in [4.78, 5) is 4.24. The van der Waals surface area contributed by atoms with E-state index in [1.165, 1.54) is 38.5 Å². The molecule has 0 spiro atoms. The van der Waals surface area contributed by atoms with E-state index < -0.39 is 0 Å². The standard InChI is InChI=1S/C19H25NO/c1-2-3-4-5-6-7-8-9-11-17-14-13-16-12-10-15-20-18(16)19(17)21/h9-15,21H,2-8H2,1H3. The van der Waals surface area contributed by atoms with Crippen LogP contribution >= 0.6 is 0 Å². The highest BCUT2D eigenvalue weighted by Gasteiger charge is 2.04. The minimum absolute atomic E-state index is 0.285. The fourth-order valence-corrected chi connectivity index (χ4v) is 2.53. The van der Waals surface area contributed by atoms with E-state index in [9.17, 15) is 5.11 Å². The molecular weight excluding hydrogens is 258 g/mol. The summed E-state index contributed by atoms with van der Waals surface area (Å²) < 4.78 is 0. The highest BCUT2D eigenvalue weighted by Crippen LogP contribution is 2.27. The summed E-state index contributed by atoms with van der Waals surface area (Å²) in [5.41, 5.74) is 1.53. The third-order valence-corrected chi connectivity index (χ3v) is 3.80. The summed E-state index contributed by atoms with van der Waals surface area (Å²) in [6, 6.07) is 7.81. The van der Waals surface area contributed by atoms with E-state index in [4.69, 9.17) is 0 Å². The monoisotopic (exact) mass is 283 g/mol. The lowest BCUT2D eigenvalue weighted by Gasteiger charge is -2.03. The van der Waals surface area contributed by atoms with Crippen LogP contribution in [0.4, 0.5) is 0 Å². The van der Waals surface area contributed by atoms with Crippen molar-refractivity contribution in [1.29, 1.82) is 0 Å². The van der Waals surface area contributed by atoms with Crippen LogP contribution in [-0.4, -0.2) is 10.1 Å². The number of rotatable bonds is 8. The highest BCUT2D eigenvalue weighted by molar-refractivity contribution is 5.87. The van der Waals surface area contributed by atoms with Crippen LogP contribution in [0.25, 0.3) is 17.0 Å². The maximum Gasteiger partial charge on any atom is 0.148 e. The Kier molecular flexibility index (Phi) is 6.26. The molecule has 0 saturated carbocycles. The molecular formula is C19H25NO. The summed E-state index contributed by atoms with van der Waals surface area (Å²) >= 11 is 0. The Hall–Kier alpha value is -1.83. The van der Waals surface area contributed by atoms with Gasteiger partial charge in [-0.3, -0.25) is 4.98 Å². The molecule has 0 amide bonds. The van der Waals surface area contributed by atoms with Gasteiger partial charge in [0.1, 0.15) is 11.3 Å². The van der Waals surface area contributed by atoms with Gasteiger partial charge >= 0.3 is 0 Å². The van der Waals surface area contributed by atoms with Crippen molar-refractivity contribution in [3.8, 4) is 5.75 Å². The summed E-state index contributed by atoms with van der Waals surface area (Å²) in [5.74, 6) is 0.285. The molecule has 2 nitrogen and oxygen atoms in total. The molecule has 0 bridgehead atoms. The number of unbranched alkanes of at least 4 members (excludes halogenated alkanes) is 6. The molecule has 112 valence electrons. The molecule has 0 fully saturated rings. The van der Waals surface area contributed by atoms with Gasteiger partial charge in [-0.15, -0.1) is 0 Å². The molecule has 0 atom stereocenters. The lowest BCUT2D eigenvalue weighted by atomic mass is 10.1. The Labute approximate surface area is 127 Å². The van der Waals surface area contributed by atoms with Crippen LogP contribution in [0, 0.1) is 0 Å². The van der Waals surface area contributed by atoms with Crippen LogP contribution < -0.4 is 0 Å². The predicted molar refractivity (Wildman–Crippen MR) is 90.4 cm³/mol. The normalized spacial score (nSPS) is 11.5. The SMILES string of the molecule is CCCCCCCCC=Cc1ccc2cccnc2c1O. The van der Waals surface area contributed by atoms with Gasteiger partial charge in [-0.2, -0.15) is 0 Å². The Morgan fingerprint density at radius 3 is 2.71 bits per heavy atom. The predicted octanol–water partition coefficient (Wildman–Crippen LogP) is 5.70. The molecule has 1 aromatic carbocycles. The molecule has 0 aliphatic heterocycles. The number of benzene rings is 1. The van der Waals surface area contributed by atoms with E-state index in [1.54, 1.807) is 6.20 Å². The number of hydrogen-bond acceptors (Lipinski definition) is 2. The zero-order valence-corrected chi connectivity index (χ0v) is 12.9. The first-order valence-corrected chi connectivity index (χ1v) is 8.06. The second kappa shape index (κ2) is 8.46. The zero-order chi connectivity index (χ0) is 14.9. The Bertz CT molecular complexity index is 589. The zero-order valence-electron chi connectivity index (χ0n) is 12.9. The van der Waals surface area contributed by atoms with E-state index in [0.29, 0.717) is 5.52 Å². The third kappa shape index (κ3) is 4.59. The van der Waals surface area contributed by atoms with Gasteiger partial charge in [0.2, 0.25) is 0 Å². The molecule has 2 heteroatoms. The molecule has 1 aromatic heterocycles. The smallest absolute Gasteiger partial charge is 0.148 e. The summed E-state index contributed by atoms with van der Waals surface area (Å²) in [5, 5.41) is 11.2.